The van der Waals surface area contributed by atoms with E-state index in [-0.39, 0.29) is 0 Å². The third-order valence-corrected chi connectivity index (χ3v) is 2.38. The highest BCUT2D eigenvalue weighted by Gasteiger charge is 2.05. The fourth-order valence-electron chi connectivity index (χ4n) is 1.38. The number of nitrogens with one attached hydrogen (secondary N) is 1. The Labute approximate surface area is 78.3 Å². The van der Waals surface area contributed by atoms with Gasteiger partial charge in [0.15, 0.2) is 0 Å². The van der Waals surface area contributed by atoms with Crippen LogP contribution in [0.1, 0.15) is 5.56 Å². The molecule has 0 amide bonds. The molecule has 62 valence electrons. The predicted octanol–water partition coefficient (Wildman–Crippen LogP) is 2.94. The fraction of sp³-hybridized carbons (Fsp3) is 0.111. The lowest BCUT2D eigenvalue weighted by Gasteiger charge is -1.97. The summed E-state index contributed by atoms with van der Waals surface area (Å²) in [7, 11) is 0. The van der Waals surface area contributed by atoms with Crippen LogP contribution in [0.15, 0.2) is 22.8 Å². The maximum Gasteiger partial charge on any atom is 0.126 e. The third kappa shape index (κ3) is 1.01. The summed E-state index contributed by atoms with van der Waals surface area (Å²) >= 11 is 3.31. The summed E-state index contributed by atoms with van der Waals surface area (Å²) in [4.78, 5) is 3.08. The minimum atomic E-state index is 0.318. The molecule has 3 heteroatoms. The molecule has 0 atom stereocenters. The second-order valence-electron chi connectivity index (χ2n) is 2.82. The molecular weight excluding hydrogens is 218 g/mol. The second kappa shape index (κ2) is 2.52. The van der Waals surface area contributed by atoms with E-state index in [1.807, 2.05) is 19.2 Å². The van der Waals surface area contributed by atoms with Gasteiger partial charge in [0, 0.05) is 16.1 Å². The van der Waals surface area contributed by atoms with Crippen LogP contribution in [0.3, 0.4) is 0 Å². The van der Waals surface area contributed by atoms with E-state index >= 15 is 0 Å². The van der Waals surface area contributed by atoms with E-state index in [2.05, 4.69) is 20.9 Å². The van der Waals surface area contributed by atoms with Crippen LogP contribution in [-0.2, 0) is 0 Å². The van der Waals surface area contributed by atoms with Crippen LogP contribution in [0, 0.1) is 6.92 Å². The molecule has 0 fully saturated rings. The Morgan fingerprint density at radius 3 is 2.92 bits per heavy atom. The van der Waals surface area contributed by atoms with E-state index in [0.29, 0.717) is 5.75 Å². The lowest BCUT2D eigenvalue weighted by Crippen LogP contribution is -1.72. The molecule has 0 unspecified atom stereocenters. The molecule has 2 aromatic rings. The first kappa shape index (κ1) is 7.68. The number of hydrogen-bond acceptors (Lipinski definition) is 1. The van der Waals surface area contributed by atoms with Crippen LogP contribution < -0.4 is 0 Å². The van der Waals surface area contributed by atoms with E-state index in [4.69, 9.17) is 0 Å². The Morgan fingerprint density at radius 1 is 1.42 bits per heavy atom. The second-order valence-corrected chi connectivity index (χ2v) is 3.73. The number of benzene rings is 1. The normalized spacial score (nSPS) is 10.8. The molecule has 0 saturated carbocycles. The van der Waals surface area contributed by atoms with E-state index in [0.717, 1.165) is 20.9 Å². The standard InChI is InChI=1S/C9H8BrNO/c1-5-4-11-7-2-6(10)3-8(12)9(5)7/h2-4,11-12H,1H3. The Morgan fingerprint density at radius 2 is 2.17 bits per heavy atom. The number of rotatable bonds is 0. The molecule has 1 aromatic carbocycles. The summed E-state index contributed by atoms with van der Waals surface area (Å²) in [6.45, 7) is 1.96. The molecule has 0 bridgehead atoms. The van der Waals surface area contributed by atoms with Crippen LogP contribution in [0.5, 0.6) is 5.75 Å². The smallest absolute Gasteiger partial charge is 0.126 e. The molecule has 2 N–H and O–H groups in total. The first-order chi connectivity index (χ1) is 5.68. The first-order valence-corrected chi connectivity index (χ1v) is 4.44. The molecule has 1 aromatic heterocycles. The number of aromatic nitrogens is 1. The maximum atomic E-state index is 9.57. The van der Waals surface area contributed by atoms with Gasteiger partial charge in [-0.25, -0.2) is 0 Å². The number of halogens is 1. The number of H-pyrrole nitrogens is 1. The third-order valence-electron chi connectivity index (χ3n) is 1.92. The minimum absolute atomic E-state index is 0.318. The SMILES string of the molecule is Cc1c[nH]c2cc(Br)cc(O)c12. The lowest BCUT2D eigenvalue weighted by atomic mass is 10.2. The van der Waals surface area contributed by atoms with Crippen molar-refractivity contribution in [2.24, 2.45) is 0 Å². The molecule has 0 saturated heterocycles. The average Bonchev–Trinajstić information content (AvgIpc) is 2.31. The average molecular weight is 226 g/mol. The van der Waals surface area contributed by atoms with Crippen LogP contribution in [0.25, 0.3) is 10.9 Å². The predicted molar refractivity (Wildman–Crippen MR) is 52.4 cm³/mol. The zero-order valence-electron chi connectivity index (χ0n) is 6.56. The maximum absolute atomic E-state index is 9.57. The van der Waals surface area contributed by atoms with E-state index < -0.39 is 0 Å². The molecule has 2 rings (SSSR count). The Kier molecular flexibility index (Phi) is 1.61. The van der Waals surface area contributed by atoms with Gasteiger partial charge < -0.3 is 10.1 Å². The Bertz CT molecular complexity index is 433. The van der Waals surface area contributed by atoms with Crippen LogP contribution >= 0.6 is 15.9 Å². The highest BCUT2D eigenvalue weighted by molar-refractivity contribution is 9.10. The topological polar surface area (TPSA) is 36.0 Å². The largest absolute Gasteiger partial charge is 0.507 e. The molecule has 0 aliphatic carbocycles. The molecule has 12 heavy (non-hydrogen) atoms. The van der Waals surface area contributed by atoms with Gasteiger partial charge in [-0.2, -0.15) is 0 Å². The molecular formula is C9H8BrNO. The fourth-order valence-corrected chi connectivity index (χ4v) is 1.82. The van der Waals surface area contributed by atoms with Gasteiger partial charge in [0.05, 0.1) is 5.52 Å². The Hall–Kier alpha value is -0.960. The molecule has 1 heterocycles. The van der Waals surface area contributed by atoms with Crippen molar-refractivity contribution in [1.82, 2.24) is 4.98 Å². The van der Waals surface area contributed by atoms with Gasteiger partial charge in [0.1, 0.15) is 5.75 Å². The van der Waals surface area contributed by atoms with Crippen LogP contribution in [0.4, 0.5) is 0 Å². The summed E-state index contributed by atoms with van der Waals surface area (Å²) in [5, 5.41) is 10.5. The van der Waals surface area contributed by atoms with Crippen molar-refractivity contribution >= 4 is 26.8 Å². The van der Waals surface area contributed by atoms with Gasteiger partial charge in [0.25, 0.3) is 0 Å². The van der Waals surface area contributed by atoms with Gasteiger partial charge in [-0.05, 0) is 24.6 Å². The van der Waals surface area contributed by atoms with Crippen molar-refractivity contribution in [3.63, 3.8) is 0 Å². The number of aryl methyl sites for hydroxylation is 1. The summed E-state index contributed by atoms with van der Waals surface area (Å²) in [6.07, 6.45) is 1.89. The molecule has 0 spiro atoms. The van der Waals surface area contributed by atoms with E-state index in [1.165, 1.54) is 0 Å². The van der Waals surface area contributed by atoms with Gasteiger partial charge in [-0.1, -0.05) is 15.9 Å². The highest BCUT2D eigenvalue weighted by atomic mass is 79.9. The number of aromatic amines is 1. The number of hydrogen-bond donors (Lipinski definition) is 2. The Balaban J connectivity index is 2.93. The summed E-state index contributed by atoms with van der Waals surface area (Å²) in [5.74, 6) is 0.318. The summed E-state index contributed by atoms with van der Waals surface area (Å²) in [5.41, 5.74) is 2.02. The zero-order chi connectivity index (χ0) is 8.72. The molecule has 0 radical (unpaired) electrons. The van der Waals surface area contributed by atoms with Gasteiger partial charge in [-0.15, -0.1) is 0 Å². The van der Waals surface area contributed by atoms with Crippen molar-refractivity contribution in [3.8, 4) is 5.75 Å². The number of aromatic hydroxyl groups is 1. The molecule has 0 aliphatic rings. The summed E-state index contributed by atoms with van der Waals surface area (Å²) in [6, 6.07) is 3.64. The van der Waals surface area contributed by atoms with E-state index in [9.17, 15) is 5.11 Å². The van der Waals surface area contributed by atoms with Crippen molar-refractivity contribution in [1.29, 1.82) is 0 Å². The number of fused-ring (bicyclic) bond motifs is 1. The van der Waals surface area contributed by atoms with Crippen molar-refractivity contribution < 1.29 is 5.11 Å². The highest BCUT2D eigenvalue weighted by Crippen LogP contribution is 2.30. The van der Waals surface area contributed by atoms with Crippen molar-refractivity contribution in [2.45, 2.75) is 6.92 Å². The number of phenolic OH excluding ortho intramolecular Hbond substituents is 1. The first-order valence-electron chi connectivity index (χ1n) is 3.64. The lowest BCUT2D eigenvalue weighted by molar-refractivity contribution is 0.481. The van der Waals surface area contributed by atoms with E-state index in [1.54, 1.807) is 6.07 Å². The zero-order valence-corrected chi connectivity index (χ0v) is 8.14. The van der Waals surface area contributed by atoms with Crippen LogP contribution in [0.2, 0.25) is 0 Å². The van der Waals surface area contributed by atoms with Crippen molar-refractivity contribution in [2.75, 3.05) is 0 Å². The summed E-state index contributed by atoms with van der Waals surface area (Å²) < 4.78 is 0.884. The quantitative estimate of drug-likeness (QED) is 0.711. The molecule has 2 nitrogen and oxygen atoms in total. The van der Waals surface area contributed by atoms with Crippen molar-refractivity contribution in [3.05, 3.63) is 28.4 Å². The van der Waals surface area contributed by atoms with Gasteiger partial charge >= 0.3 is 0 Å². The molecule has 0 aliphatic heterocycles. The monoisotopic (exact) mass is 225 g/mol. The number of phenols is 1. The minimum Gasteiger partial charge on any atom is -0.507 e. The van der Waals surface area contributed by atoms with Gasteiger partial charge in [-0.3, -0.25) is 0 Å². The van der Waals surface area contributed by atoms with Gasteiger partial charge in [0.2, 0.25) is 0 Å². The van der Waals surface area contributed by atoms with Crippen LogP contribution in [-0.4, -0.2) is 10.1 Å².